The Bertz CT molecular complexity index is 1010. The van der Waals surface area contributed by atoms with Crippen molar-refractivity contribution in [1.29, 1.82) is 0 Å². The van der Waals surface area contributed by atoms with E-state index in [1.807, 2.05) is 11.0 Å². The molecule has 1 fully saturated rings. The Morgan fingerprint density at radius 1 is 0.931 bits per heavy atom. The number of likely N-dealkylation sites (tertiary alicyclic amines) is 1. The number of fused-ring (bicyclic) bond motifs is 3. The van der Waals surface area contributed by atoms with Gasteiger partial charge in [-0.25, -0.2) is 4.79 Å². The van der Waals surface area contributed by atoms with Gasteiger partial charge < -0.3 is 9.64 Å². The van der Waals surface area contributed by atoms with Crippen LogP contribution in [0.25, 0.3) is 11.1 Å². The molecular weight excluding hydrogens is 426 g/mol. The number of rotatable bonds is 4. The molecule has 1 aliphatic heterocycles. The summed E-state index contributed by atoms with van der Waals surface area (Å²) in [6.45, 7) is 1.92. The first-order valence-corrected chi connectivity index (χ1v) is 10.8. The lowest BCUT2D eigenvalue weighted by Gasteiger charge is -2.38. The molecule has 29 heavy (non-hydrogen) atoms. The minimum Gasteiger partial charge on any atom is -0.448 e. The van der Waals surface area contributed by atoms with Gasteiger partial charge in [-0.05, 0) is 52.3 Å². The van der Waals surface area contributed by atoms with Crippen LogP contribution in [-0.2, 0) is 11.2 Å². The van der Waals surface area contributed by atoms with Gasteiger partial charge in [0.2, 0.25) is 0 Å². The Morgan fingerprint density at radius 2 is 1.59 bits per heavy atom. The summed E-state index contributed by atoms with van der Waals surface area (Å²) in [6, 6.07) is 25.2. The molecule has 2 aliphatic rings. The van der Waals surface area contributed by atoms with Gasteiger partial charge in [-0.1, -0.05) is 76.6 Å². The number of halogens is 1. The molecule has 3 aromatic rings. The third-order valence-electron chi connectivity index (χ3n) is 5.96. The molecule has 1 amide bonds. The molecule has 0 saturated carbocycles. The lowest BCUT2D eigenvalue weighted by Crippen LogP contribution is -2.51. The first kappa shape index (κ1) is 18.4. The van der Waals surface area contributed by atoms with Gasteiger partial charge in [0.15, 0.2) is 0 Å². The Morgan fingerprint density at radius 3 is 2.24 bits per heavy atom. The van der Waals surface area contributed by atoms with Crippen molar-refractivity contribution in [3.8, 4) is 11.1 Å². The molecule has 5 rings (SSSR count). The molecule has 0 radical (unpaired) electrons. The summed E-state index contributed by atoms with van der Waals surface area (Å²) >= 11 is 3.52. The SMILES string of the molecule is O=C(OCC1c2ccccc2-c2ccccc21)N1CC(Cc2cccc(Br)c2)C1. The maximum absolute atomic E-state index is 12.6. The van der Waals surface area contributed by atoms with Crippen LogP contribution in [0.1, 0.15) is 22.6 Å². The van der Waals surface area contributed by atoms with Gasteiger partial charge in [0.1, 0.15) is 6.61 Å². The molecule has 1 aliphatic carbocycles. The standard InChI is InChI=1S/C25H22BrNO2/c26-19-7-5-6-17(13-19)12-18-14-27(15-18)25(28)29-16-24-22-10-3-1-8-20(22)21-9-2-4-11-23(21)24/h1-11,13,18,24H,12,14-16H2. The number of benzene rings is 3. The zero-order valence-corrected chi connectivity index (χ0v) is 17.6. The highest BCUT2D eigenvalue weighted by Gasteiger charge is 2.34. The molecular formula is C25H22BrNO2. The summed E-state index contributed by atoms with van der Waals surface area (Å²) in [4.78, 5) is 14.4. The van der Waals surface area contributed by atoms with Crippen molar-refractivity contribution >= 4 is 22.0 Å². The van der Waals surface area contributed by atoms with Gasteiger partial charge in [0.25, 0.3) is 0 Å². The second-order valence-corrected chi connectivity index (χ2v) is 8.82. The topological polar surface area (TPSA) is 29.5 Å². The maximum atomic E-state index is 12.6. The number of carbonyl (C=O) groups excluding carboxylic acids is 1. The van der Waals surface area contributed by atoms with E-state index in [2.05, 4.69) is 82.7 Å². The summed E-state index contributed by atoms with van der Waals surface area (Å²) in [5, 5.41) is 0. The van der Waals surface area contributed by atoms with Crippen molar-refractivity contribution in [2.75, 3.05) is 19.7 Å². The average molecular weight is 448 g/mol. The predicted octanol–water partition coefficient (Wildman–Crippen LogP) is 5.87. The van der Waals surface area contributed by atoms with Crippen LogP contribution in [-0.4, -0.2) is 30.7 Å². The highest BCUT2D eigenvalue weighted by Crippen LogP contribution is 2.44. The van der Waals surface area contributed by atoms with Crippen LogP contribution in [0.5, 0.6) is 0 Å². The number of carbonyl (C=O) groups is 1. The summed E-state index contributed by atoms with van der Waals surface area (Å²) in [5.74, 6) is 0.620. The number of amides is 1. The Balaban J connectivity index is 1.19. The highest BCUT2D eigenvalue weighted by molar-refractivity contribution is 9.10. The van der Waals surface area contributed by atoms with Crippen LogP contribution in [0, 0.1) is 5.92 Å². The zero-order valence-electron chi connectivity index (χ0n) is 16.1. The van der Waals surface area contributed by atoms with Crippen molar-refractivity contribution in [2.45, 2.75) is 12.3 Å². The monoisotopic (exact) mass is 447 g/mol. The average Bonchev–Trinajstić information content (AvgIpc) is 3.03. The first-order chi connectivity index (χ1) is 14.2. The lowest BCUT2D eigenvalue weighted by atomic mass is 9.93. The normalized spacial score (nSPS) is 15.6. The molecule has 1 saturated heterocycles. The van der Waals surface area contributed by atoms with Crippen LogP contribution in [0.15, 0.2) is 77.3 Å². The van der Waals surface area contributed by atoms with E-state index < -0.39 is 0 Å². The molecule has 0 bridgehead atoms. The van der Waals surface area contributed by atoms with Crippen molar-refractivity contribution < 1.29 is 9.53 Å². The predicted molar refractivity (Wildman–Crippen MR) is 118 cm³/mol. The molecule has 1 heterocycles. The molecule has 0 spiro atoms. The number of hydrogen-bond donors (Lipinski definition) is 0. The van der Waals surface area contributed by atoms with Gasteiger partial charge in [-0.2, -0.15) is 0 Å². The lowest BCUT2D eigenvalue weighted by molar-refractivity contribution is 0.0524. The van der Waals surface area contributed by atoms with Crippen molar-refractivity contribution in [3.05, 3.63) is 94.0 Å². The number of ether oxygens (including phenoxy) is 1. The van der Waals surface area contributed by atoms with E-state index in [9.17, 15) is 4.79 Å². The molecule has 3 aromatic carbocycles. The van der Waals surface area contributed by atoms with Gasteiger partial charge in [0.05, 0.1) is 0 Å². The second-order valence-electron chi connectivity index (χ2n) is 7.91. The van der Waals surface area contributed by atoms with Crippen LogP contribution in [0.3, 0.4) is 0 Å². The van der Waals surface area contributed by atoms with E-state index in [0.717, 1.165) is 24.0 Å². The van der Waals surface area contributed by atoms with E-state index in [0.29, 0.717) is 12.5 Å². The summed E-state index contributed by atoms with van der Waals surface area (Å²) < 4.78 is 6.84. The quantitative estimate of drug-likeness (QED) is 0.500. The zero-order chi connectivity index (χ0) is 19.8. The summed E-state index contributed by atoms with van der Waals surface area (Å²) in [6.07, 6.45) is 0.796. The first-order valence-electron chi connectivity index (χ1n) is 10.0. The fraction of sp³-hybridized carbons (Fsp3) is 0.240. The van der Waals surface area contributed by atoms with Gasteiger partial charge in [0, 0.05) is 23.5 Å². The van der Waals surface area contributed by atoms with Gasteiger partial charge in [-0.15, -0.1) is 0 Å². The molecule has 3 nitrogen and oxygen atoms in total. The third kappa shape index (κ3) is 3.58. The van der Waals surface area contributed by atoms with E-state index in [1.54, 1.807) is 0 Å². The van der Waals surface area contributed by atoms with Gasteiger partial charge >= 0.3 is 6.09 Å². The summed E-state index contributed by atoms with van der Waals surface area (Å²) in [7, 11) is 0. The highest BCUT2D eigenvalue weighted by atomic mass is 79.9. The van der Waals surface area contributed by atoms with E-state index in [4.69, 9.17) is 4.74 Å². The smallest absolute Gasteiger partial charge is 0.409 e. The molecule has 0 unspecified atom stereocenters. The molecule has 0 atom stereocenters. The van der Waals surface area contributed by atoms with Crippen molar-refractivity contribution in [1.82, 2.24) is 4.90 Å². The summed E-state index contributed by atoms with van der Waals surface area (Å²) in [5.41, 5.74) is 6.30. The number of hydrogen-bond acceptors (Lipinski definition) is 2. The van der Waals surface area contributed by atoms with Crippen LogP contribution >= 0.6 is 15.9 Å². The molecule has 4 heteroatoms. The maximum Gasteiger partial charge on any atom is 0.409 e. The second kappa shape index (κ2) is 7.68. The molecule has 0 N–H and O–H groups in total. The Kier molecular flexibility index (Phi) is 4.88. The van der Waals surface area contributed by atoms with Crippen LogP contribution in [0.2, 0.25) is 0 Å². The minimum atomic E-state index is -0.197. The van der Waals surface area contributed by atoms with Crippen LogP contribution < -0.4 is 0 Å². The fourth-order valence-corrected chi connectivity index (χ4v) is 4.98. The minimum absolute atomic E-state index is 0.116. The molecule has 0 aromatic heterocycles. The number of nitrogens with zero attached hydrogens (tertiary/aromatic N) is 1. The Hall–Kier alpha value is -2.59. The van der Waals surface area contributed by atoms with Gasteiger partial charge in [-0.3, -0.25) is 0 Å². The fourth-order valence-electron chi connectivity index (χ4n) is 4.53. The Labute approximate surface area is 179 Å². The van der Waals surface area contributed by atoms with Crippen molar-refractivity contribution in [2.24, 2.45) is 5.92 Å². The van der Waals surface area contributed by atoms with E-state index in [1.165, 1.54) is 27.8 Å². The van der Waals surface area contributed by atoms with E-state index in [-0.39, 0.29) is 12.0 Å². The third-order valence-corrected chi connectivity index (χ3v) is 6.46. The largest absolute Gasteiger partial charge is 0.448 e. The van der Waals surface area contributed by atoms with E-state index >= 15 is 0 Å². The van der Waals surface area contributed by atoms with Crippen molar-refractivity contribution in [3.63, 3.8) is 0 Å². The van der Waals surface area contributed by atoms with Crippen LogP contribution in [0.4, 0.5) is 4.79 Å². The molecule has 146 valence electrons.